The molecule has 2 N–H and O–H groups in total. The molecule has 0 bridgehead atoms. The van der Waals surface area contributed by atoms with Crippen LogP contribution in [0.2, 0.25) is 0 Å². The van der Waals surface area contributed by atoms with E-state index in [1.54, 1.807) is 26.0 Å². The maximum atomic E-state index is 11.7. The van der Waals surface area contributed by atoms with Gasteiger partial charge in [-0.2, -0.15) is 0 Å². The van der Waals surface area contributed by atoms with Crippen LogP contribution in [0, 0.1) is 5.41 Å². The molecule has 0 aliphatic heterocycles. The van der Waals surface area contributed by atoms with E-state index in [2.05, 4.69) is 0 Å². The molecule has 0 aromatic heterocycles. The van der Waals surface area contributed by atoms with Gasteiger partial charge in [0.1, 0.15) is 0 Å². The van der Waals surface area contributed by atoms with Gasteiger partial charge >= 0.3 is 5.97 Å². The van der Waals surface area contributed by atoms with E-state index in [4.69, 9.17) is 10.5 Å². The fourth-order valence-electron chi connectivity index (χ4n) is 1.73. The summed E-state index contributed by atoms with van der Waals surface area (Å²) in [5.74, 6) is -0.410. The van der Waals surface area contributed by atoms with Crippen molar-refractivity contribution in [2.45, 2.75) is 24.8 Å². The van der Waals surface area contributed by atoms with Gasteiger partial charge in [0, 0.05) is 12.3 Å². The van der Waals surface area contributed by atoms with Crippen molar-refractivity contribution >= 4 is 15.8 Å². The number of rotatable bonds is 4. The third kappa shape index (κ3) is 3.33. The van der Waals surface area contributed by atoms with E-state index in [-0.39, 0.29) is 4.90 Å². The van der Waals surface area contributed by atoms with Crippen LogP contribution in [-0.4, -0.2) is 27.8 Å². The van der Waals surface area contributed by atoms with Crippen molar-refractivity contribution < 1.29 is 17.9 Å². The third-order valence-electron chi connectivity index (χ3n) is 3.16. The average Bonchev–Trinajstić information content (AvgIpc) is 2.35. The van der Waals surface area contributed by atoms with Crippen molar-refractivity contribution in [2.75, 3.05) is 13.4 Å². The van der Waals surface area contributed by atoms with Crippen molar-refractivity contribution in [3.63, 3.8) is 0 Å². The van der Waals surface area contributed by atoms with E-state index in [9.17, 15) is 13.2 Å². The summed E-state index contributed by atoms with van der Waals surface area (Å²) in [5.41, 5.74) is 5.85. The molecule has 0 aliphatic carbocycles. The maximum Gasteiger partial charge on any atom is 0.313 e. The summed E-state index contributed by atoms with van der Waals surface area (Å²) in [6.45, 7) is 3.38. The Bertz CT molecular complexity index is 561. The number of esters is 1. The van der Waals surface area contributed by atoms with Crippen LogP contribution in [0.3, 0.4) is 0 Å². The molecule has 106 valence electrons. The Morgan fingerprint density at radius 2 is 1.74 bits per heavy atom. The average molecular weight is 285 g/mol. The highest BCUT2D eigenvalue weighted by Gasteiger charge is 2.36. The number of hydrogen-bond donors (Lipinski definition) is 1. The highest BCUT2D eigenvalue weighted by atomic mass is 32.2. The Labute approximate surface area is 113 Å². The molecule has 5 nitrogen and oxygen atoms in total. The molecule has 0 spiro atoms. The molecule has 6 heteroatoms. The summed E-state index contributed by atoms with van der Waals surface area (Å²) in [4.78, 5) is 11.9. The summed E-state index contributed by atoms with van der Waals surface area (Å²) >= 11 is 0. The van der Waals surface area contributed by atoms with E-state index < -0.39 is 27.3 Å². The van der Waals surface area contributed by atoms with Crippen LogP contribution in [0.5, 0.6) is 0 Å². The molecule has 0 radical (unpaired) electrons. The second-order valence-electron chi connectivity index (χ2n) is 5.03. The van der Waals surface area contributed by atoms with Gasteiger partial charge in [0.15, 0.2) is 9.84 Å². The Morgan fingerprint density at radius 3 is 2.11 bits per heavy atom. The smallest absolute Gasteiger partial charge is 0.313 e. The topological polar surface area (TPSA) is 86.5 Å². The van der Waals surface area contributed by atoms with Crippen molar-refractivity contribution in [3.05, 3.63) is 29.8 Å². The van der Waals surface area contributed by atoms with Gasteiger partial charge < -0.3 is 10.5 Å². The maximum absolute atomic E-state index is 11.7. The summed E-state index contributed by atoms with van der Waals surface area (Å²) in [6.07, 6.45) is 1.14. The van der Waals surface area contributed by atoms with Crippen LogP contribution in [0.4, 0.5) is 0 Å². The number of hydrogen-bond acceptors (Lipinski definition) is 5. The SMILES string of the molecule is COC(=O)C(C)(C)[C@@H](N)c1ccc(S(C)(=O)=O)cc1. The lowest BCUT2D eigenvalue weighted by Crippen LogP contribution is -2.37. The number of ether oxygens (including phenoxy) is 1. The molecule has 19 heavy (non-hydrogen) atoms. The zero-order valence-electron chi connectivity index (χ0n) is 11.5. The second kappa shape index (κ2) is 5.30. The third-order valence-corrected chi connectivity index (χ3v) is 4.28. The Kier molecular flexibility index (Phi) is 4.37. The van der Waals surface area contributed by atoms with E-state index in [1.807, 2.05) is 0 Å². The van der Waals surface area contributed by atoms with Crippen molar-refractivity contribution in [3.8, 4) is 0 Å². The molecular formula is C13H19NO4S. The molecule has 0 fully saturated rings. The first-order chi connectivity index (χ1) is 8.60. The van der Waals surface area contributed by atoms with Crippen LogP contribution in [-0.2, 0) is 19.4 Å². The number of sulfone groups is 1. The summed E-state index contributed by atoms with van der Waals surface area (Å²) in [5, 5.41) is 0. The second-order valence-corrected chi connectivity index (χ2v) is 7.05. The molecule has 1 atom stereocenters. The van der Waals surface area contributed by atoms with Crippen LogP contribution in [0.1, 0.15) is 25.5 Å². The normalized spacial score (nSPS) is 13.9. The molecule has 0 aliphatic rings. The molecule has 0 unspecified atom stereocenters. The summed E-state index contributed by atoms with van der Waals surface area (Å²) < 4.78 is 27.4. The minimum absolute atomic E-state index is 0.222. The van der Waals surface area contributed by atoms with Crippen molar-refractivity contribution in [1.82, 2.24) is 0 Å². The first-order valence-corrected chi connectivity index (χ1v) is 7.64. The van der Waals surface area contributed by atoms with Crippen LogP contribution < -0.4 is 5.73 Å². The Hall–Kier alpha value is -1.40. The van der Waals surface area contributed by atoms with Gasteiger partial charge in [0.2, 0.25) is 0 Å². The quantitative estimate of drug-likeness (QED) is 0.842. The van der Waals surface area contributed by atoms with Gasteiger partial charge in [-0.3, -0.25) is 4.79 Å². The number of carbonyl (C=O) groups excluding carboxylic acids is 1. The van der Waals surface area contributed by atoms with Crippen LogP contribution in [0.15, 0.2) is 29.2 Å². The Balaban J connectivity index is 3.08. The first kappa shape index (κ1) is 15.7. The van der Waals surface area contributed by atoms with Gasteiger partial charge in [-0.25, -0.2) is 8.42 Å². The predicted octanol–water partition coefficient (Wildman–Crippen LogP) is 1.29. The van der Waals surface area contributed by atoms with E-state index in [0.29, 0.717) is 5.56 Å². The van der Waals surface area contributed by atoms with Gasteiger partial charge in [0.05, 0.1) is 17.4 Å². The molecule has 0 heterocycles. The monoisotopic (exact) mass is 285 g/mol. The van der Waals surface area contributed by atoms with E-state index in [0.717, 1.165) is 6.26 Å². The van der Waals surface area contributed by atoms with Crippen LogP contribution in [0.25, 0.3) is 0 Å². The standard InChI is InChI=1S/C13H19NO4S/c1-13(2,12(15)18-3)11(14)9-5-7-10(8-6-9)19(4,16)17/h5-8,11H,14H2,1-4H3/t11-/m0/s1. The van der Waals surface area contributed by atoms with Gasteiger partial charge in [-0.05, 0) is 31.5 Å². The summed E-state index contributed by atoms with van der Waals surface area (Å²) in [7, 11) is -1.93. The van der Waals surface area contributed by atoms with Crippen molar-refractivity contribution in [1.29, 1.82) is 0 Å². The molecule has 1 rings (SSSR count). The summed E-state index contributed by atoms with van der Waals surface area (Å²) in [6, 6.07) is 5.63. The van der Waals surface area contributed by atoms with Crippen LogP contribution >= 0.6 is 0 Å². The van der Waals surface area contributed by atoms with Gasteiger partial charge in [-0.15, -0.1) is 0 Å². The van der Waals surface area contributed by atoms with Gasteiger partial charge in [-0.1, -0.05) is 12.1 Å². The number of carbonyl (C=O) groups is 1. The predicted molar refractivity (Wildman–Crippen MR) is 72.3 cm³/mol. The molecule has 1 aromatic rings. The van der Waals surface area contributed by atoms with E-state index >= 15 is 0 Å². The van der Waals surface area contributed by atoms with E-state index in [1.165, 1.54) is 19.2 Å². The lowest BCUT2D eigenvalue weighted by Gasteiger charge is -2.29. The zero-order chi connectivity index (χ0) is 14.8. The molecule has 0 saturated carbocycles. The lowest BCUT2D eigenvalue weighted by molar-refractivity contribution is -0.152. The Morgan fingerprint density at radius 1 is 1.26 bits per heavy atom. The number of nitrogens with two attached hydrogens (primary N) is 1. The van der Waals surface area contributed by atoms with Gasteiger partial charge in [0.25, 0.3) is 0 Å². The number of benzene rings is 1. The molecule has 0 saturated heterocycles. The largest absolute Gasteiger partial charge is 0.469 e. The minimum atomic E-state index is -3.23. The van der Waals surface area contributed by atoms with Crippen molar-refractivity contribution in [2.24, 2.45) is 11.1 Å². The molecule has 1 aromatic carbocycles. The fraction of sp³-hybridized carbons (Fsp3) is 0.462. The highest BCUT2D eigenvalue weighted by Crippen LogP contribution is 2.32. The first-order valence-electron chi connectivity index (χ1n) is 5.74. The fourth-order valence-corrected chi connectivity index (χ4v) is 2.36. The highest BCUT2D eigenvalue weighted by molar-refractivity contribution is 7.90. The molecular weight excluding hydrogens is 266 g/mol. The number of methoxy groups -OCH3 is 1. The molecule has 0 amide bonds. The zero-order valence-corrected chi connectivity index (χ0v) is 12.3. The minimum Gasteiger partial charge on any atom is -0.469 e. The lowest BCUT2D eigenvalue weighted by atomic mass is 9.81.